The number of benzene rings is 1. The lowest BCUT2D eigenvalue weighted by Gasteiger charge is -2.35. The summed E-state index contributed by atoms with van der Waals surface area (Å²) in [5, 5.41) is 0.204. The molecule has 16 heavy (non-hydrogen) atoms. The molecule has 0 unspecified atom stereocenters. The average Bonchev–Trinajstić information content (AvgIpc) is 2.33. The molecule has 1 heterocycles. The maximum atomic E-state index is 13.8. The largest absolute Gasteiger partial charge is 0.367 e. The monoisotopic (exact) mass is 242 g/mol. The van der Waals surface area contributed by atoms with Crippen molar-refractivity contribution in [3.05, 3.63) is 29.0 Å². The molecule has 0 bridgehead atoms. The summed E-state index contributed by atoms with van der Waals surface area (Å²) in [7, 11) is 0. The Kier molecular flexibility index (Phi) is 3.66. The van der Waals surface area contributed by atoms with Crippen LogP contribution in [0.15, 0.2) is 18.2 Å². The molecule has 2 rings (SSSR count). The van der Waals surface area contributed by atoms with Crippen molar-refractivity contribution >= 4 is 17.3 Å². The summed E-state index contributed by atoms with van der Waals surface area (Å²) >= 11 is 5.78. The first-order valence-electron chi connectivity index (χ1n) is 5.63. The van der Waals surface area contributed by atoms with E-state index in [0.717, 1.165) is 32.7 Å². The van der Waals surface area contributed by atoms with Gasteiger partial charge in [0.2, 0.25) is 0 Å². The standard InChI is InChI=1S/C12H16ClFN2/c1-2-15-6-8-16(9-7-15)11-5-3-4-10(13)12(11)14/h3-5H,2,6-9H2,1H3. The van der Waals surface area contributed by atoms with Gasteiger partial charge in [-0.3, -0.25) is 0 Å². The van der Waals surface area contributed by atoms with Crippen LogP contribution in [0.1, 0.15) is 6.92 Å². The lowest BCUT2D eigenvalue weighted by atomic mass is 10.2. The quantitative estimate of drug-likeness (QED) is 0.787. The molecule has 1 aliphatic heterocycles. The molecule has 0 saturated carbocycles. The Bertz CT molecular complexity index is 362. The first-order chi connectivity index (χ1) is 7.72. The Morgan fingerprint density at radius 3 is 2.56 bits per heavy atom. The second-order valence-electron chi connectivity index (χ2n) is 3.99. The Balaban J connectivity index is 2.11. The fraction of sp³-hybridized carbons (Fsp3) is 0.500. The Hall–Kier alpha value is -0.800. The van der Waals surface area contributed by atoms with Crippen molar-refractivity contribution in [3.63, 3.8) is 0 Å². The van der Waals surface area contributed by atoms with Crippen LogP contribution in [-0.2, 0) is 0 Å². The van der Waals surface area contributed by atoms with Crippen molar-refractivity contribution in [3.8, 4) is 0 Å². The van der Waals surface area contributed by atoms with Crippen LogP contribution in [0.3, 0.4) is 0 Å². The van der Waals surface area contributed by atoms with Gasteiger partial charge in [-0.25, -0.2) is 4.39 Å². The number of halogens is 2. The molecule has 0 radical (unpaired) electrons. The van der Waals surface area contributed by atoms with Crippen molar-refractivity contribution in [2.24, 2.45) is 0 Å². The number of anilines is 1. The van der Waals surface area contributed by atoms with Crippen molar-refractivity contribution in [1.82, 2.24) is 4.90 Å². The van der Waals surface area contributed by atoms with E-state index in [1.807, 2.05) is 0 Å². The molecule has 1 saturated heterocycles. The van der Waals surface area contributed by atoms with E-state index in [1.54, 1.807) is 18.2 Å². The van der Waals surface area contributed by atoms with Crippen LogP contribution in [-0.4, -0.2) is 37.6 Å². The molecule has 1 fully saturated rings. The van der Waals surface area contributed by atoms with E-state index in [1.165, 1.54) is 0 Å². The first kappa shape index (κ1) is 11.7. The minimum Gasteiger partial charge on any atom is -0.367 e. The molecule has 0 aliphatic carbocycles. The van der Waals surface area contributed by atoms with Gasteiger partial charge < -0.3 is 9.80 Å². The van der Waals surface area contributed by atoms with E-state index in [-0.39, 0.29) is 10.8 Å². The van der Waals surface area contributed by atoms with Crippen LogP contribution in [0.5, 0.6) is 0 Å². The summed E-state index contributed by atoms with van der Waals surface area (Å²) in [5.41, 5.74) is 0.628. The minimum absolute atomic E-state index is 0.204. The molecule has 0 N–H and O–H groups in total. The van der Waals surface area contributed by atoms with Gasteiger partial charge in [0.25, 0.3) is 0 Å². The van der Waals surface area contributed by atoms with Gasteiger partial charge in [0.15, 0.2) is 5.82 Å². The highest BCUT2D eigenvalue weighted by Crippen LogP contribution is 2.26. The van der Waals surface area contributed by atoms with Gasteiger partial charge in [-0.15, -0.1) is 0 Å². The van der Waals surface area contributed by atoms with Gasteiger partial charge >= 0.3 is 0 Å². The Morgan fingerprint density at radius 1 is 1.25 bits per heavy atom. The van der Waals surface area contributed by atoms with Gasteiger partial charge in [-0.05, 0) is 18.7 Å². The highest BCUT2D eigenvalue weighted by atomic mass is 35.5. The SMILES string of the molecule is CCN1CCN(c2cccc(Cl)c2F)CC1. The molecule has 0 amide bonds. The molecule has 0 atom stereocenters. The summed E-state index contributed by atoms with van der Waals surface area (Å²) in [6, 6.07) is 5.18. The predicted molar refractivity (Wildman–Crippen MR) is 65.7 cm³/mol. The van der Waals surface area contributed by atoms with Crippen LogP contribution in [0.2, 0.25) is 5.02 Å². The van der Waals surface area contributed by atoms with E-state index in [9.17, 15) is 4.39 Å². The summed E-state index contributed by atoms with van der Waals surface area (Å²) < 4.78 is 13.8. The molecule has 88 valence electrons. The van der Waals surface area contributed by atoms with Gasteiger partial charge in [-0.1, -0.05) is 24.6 Å². The van der Waals surface area contributed by atoms with Gasteiger partial charge in [0.05, 0.1) is 10.7 Å². The van der Waals surface area contributed by atoms with Crippen LogP contribution >= 0.6 is 11.6 Å². The lowest BCUT2D eigenvalue weighted by Crippen LogP contribution is -2.46. The fourth-order valence-electron chi connectivity index (χ4n) is 2.04. The van der Waals surface area contributed by atoms with Crippen molar-refractivity contribution in [1.29, 1.82) is 0 Å². The topological polar surface area (TPSA) is 6.48 Å². The molecule has 0 aromatic heterocycles. The Morgan fingerprint density at radius 2 is 1.94 bits per heavy atom. The van der Waals surface area contributed by atoms with E-state index in [2.05, 4.69) is 16.7 Å². The van der Waals surface area contributed by atoms with Crippen molar-refractivity contribution in [2.75, 3.05) is 37.6 Å². The van der Waals surface area contributed by atoms with E-state index < -0.39 is 0 Å². The maximum Gasteiger partial charge on any atom is 0.165 e. The summed E-state index contributed by atoms with van der Waals surface area (Å²) in [4.78, 5) is 4.42. The molecular weight excluding hydrogens is 227 g/mol. The van der Waals surface area contributed by atoms with Crippen LogP contribution in [0, 0.1) is 5.82 Å². The molecular formula is C12H16ClFN2. The number of hydrogen-bond donors (Lipinski definition) is 0. The highest BCUT2D eigenvalue weighted by molar-refractivity contribution is 6.31. The zero-order valence-corrected chi connectivity index (χ0v) is 10.2. The third-order valence-corrected chi connectivity index (χ3v) is 3.38. The van der Waals surface area contributed by atoms with Crippen molar-refractivity contribution in [2.45, 2.75) is 6.92 Å². The van der Waals surface area contributed by atoms with Crippen LogP contribution < -0.4 is 4.90 Å². The molecule has 1 aromatic rings. The van der Waals surface area contributed by atoms with Gasteiger partial charge in [0, 0.05) is 26.2 Å². The zero-order chi connectivity index (χ0) is 11.5. The molecule has 1 aliphatic rings. The number of piperazine rings is 1. The van der Waals surface area contributed by atoms with E-state index >= 15 is 0 Å². The van der Waals surface area contributed by atoms with Crippen molar-refractivity contribution < 1.29 is 4.39 Å². The predicted octanol–water partition coefficient (Wildman–Crippen LogP) is 2.62. The summed E-state index contributed by atoms with van der Waals surface area (Å²) in [6.07, 6.45) is 0. The number of hydrogen-bond acceptors (Lipinski definition) is 2. The molecule has 0 spiro atoms. The average molecular weight is 243 g/mol. The summed E-state index contributed by atoms with van der Waals surface area (Å²) in [6.45, 7) is 6.92. The van der Waals surface area contributed by atoms with Gasteiger partial charge in [0.1, 0.15) is 0 Å². The number of nitrogens with zero attached hydrogens (tertiary/aromatic N) is 2. The minimum atomic E-state index is -0.297. The third kappa shape index (κ3) is 2.30. The lowest BCUT2D eigenvalue weighted by molar-refractivity contribution is 0.270. The first-order valence-corrected chi connectivity index (χ1v) is 6.01. The maximum absolute atomic E-state index is 13.8. The second kappa shape index (κ2) is 5.02. The highest BCUT2D eigenvalue weighted by Gasteiger charge is 2.19. The number of rotatable bonds is 2. The third-order valence-electron chi connectivity index (χ3n) is 3.09. The normalized spacial score (nSPS) is 17.8. The van der Waals surface area contributed by atoms with Crippen LogP contribution in [0.25, 0.3) is 0 Å². The number of likely N-dealkylation sites (N-methyl/N-ethyl adjacent to an activating group) is 1. The molecule has 1 aromatic carbocycles. The fourth-order valence-corrected chi connectivity index (χ4v) is 2.21. The molecule has 2 nitrogen and oxygen atoms in total. The summed E-state index contributed by atoms with van der Waals surface area (Å²) in [5.74, 6) is -0.297. The Labute approximate surface area is 101 Å². The second-order valence-corrected chi connectivity index (χ2v) is 4.40. The van der Waals surface area contributed by atoms with Gasteiger partial charge in [-0.2, -0.15) is 0 Å². The molecule has 4 heteroatoms. The van der Waals surface area contributed by atoms with E-state index in [4.69, 9.17) is 11.6 Å². The zero-order valence-electron chi connectivity index (χ0n) is 9.42. The van der Waals surface area contributed by atoms with E-state index in [0.29, 0.717) is 5.69 Å². The van der Waals surface area contributed by atoms with Crippen LogP contribution in [0.4, 0.5) is 10.1 Å². The smallest absolute Gasteiger partial charge is 0.165 e.